The second-order valence-corrected chi connectivity index (χ2v) is 9.92. The molecule has 0 saturated heterocycles. The molecule has 0 aliphatic carbocycles. The van der Waals surface area contributed by atoms with Crippen LogP contribution in [0.3, 0.4) is 0 Å². The zero-order valence-electron chi connectivity index (χ0n) is 21.3. The van der Waals surface area contributed by atoms with E-state index in [4.69, 9.17) is 15.0 Å². The maximum absolute atomic E-state index is 4.90. The van der Waals surface area contributed by atoms with Crippen LogP contribution in [0.25, 0.3) is 34.2 Å². The average molecular weight is 450 g/mol. The van der Waals surface area contributed by atoms with Crippen molar-refractivity contribution in [3.8, 4) is 34.2 Å². The van der Waals surface area contributed by atoms with Crippen molar-refractivity contribution in [3.05, 3.63) is 89.5 Å². The molecule has 3 heteroatoms. The van der Waals surface area contributed by atoms with Gasteiger partial charge in [0.2, 0.25) is 0 Å². The third kappa shape index (κ3) is 5.09. The fraction of sp³-hybridized carbons (Fsp3) is 0.323. The molecule has 0 spiro atoms. The van der Waals surface area contributed by atoms with E-state index in [9.17, 15) is 0 Å². The topological polar surface area (TPSA) is 38.7 Å². The Morgan fingerprint density at radius 2 is 1.06 bits per heavy atom. The normalized spacial score (nSPS) is 12.5. The number of hydrogen-bond acceptors (Lipinski definition) is 3. The highest BCUT2D eigenvalue weighted by Crippen LogP contribution is 2.30. The van der Waals surface area contributed by atoms with E-state index in [0.717, 1.165) is 29.5 Å². The fourth-order valence-corrected chi connectivity index (χ4v) is 3.94. The Labute approximate surface area is 204 Å². The van der Waals surface area contributed by atoms with Gasteiger partial charge in [0.05, 0.1) is 0 Å². The molecular weight excluding hydrogens is 414 g/mol. The van der Waals surface area contributed by atoms with E-state index < -0.39 is 0 Å². The van der Waals surface area contributed by atoms with Crippen LogP contribution < -0.4 is 0 Å². The second kappa shape index (κ2) is 9.89. The van der Waals surface area contributed by atoms with Crippen LogP contribution in [-0.4, -0.2) is 15.0 Å². The molecule has 4 aromatic rings. The molecule has 3 aromatic carbocycles. The summed E-state index contributed by atoms with van der Waals surface area (Å²) in [6.07, 6.45) is 2.21. The standard InChI is InChI=1S/C31H35N3/c1-7-22(4)23-13-15-25(16-14-23)29-32-28(24-11-9-21(3)10-12-24)33-30(34-29)26-17-19-27(20-18-26)31(5,6)8-2/h9-20,22H,7-8H2,1-6H3. The number of aryl methyl sites for hydroxylation is 1. The van der Waals surface area contributed by atoms with Gasteiger partial charge in [0.1, 0.15) is 0 Å². The van der Waals surface area contributed by atoms with Crippen LogP contribution in [0.2, 0.25) is 0 Å². The number of nitrogens with zero attached hydrogens (tertiary/aromatic N) is 3. The lowest BCUT2D eigenvalue weighted by Gasteiger charge is -2.23. The number of aromatic nitrogens is 3. The molecule has 1 aromatic heterocycles. The predicted molar refractivity (Wildman–Crippen MR) is 143 cm³/mol. The van der Waals surface area contributed by atoms with Crippen molar-refractivity contribution in [2.75, 3.05) is 0 Å². The van der Waals surface area contributed by atoms with E-state index in [1.54, 1.807) is 0 Å². The highest BCUT2D eigenvalue weighted by molar-refractivity contribution is 5.67. The van der Waals surface area contributed by atoms with Crippen LogP contribution in [-0.2, 0) is 5.41 Å². The smallest absolute Gasteiger partial charge is 0.164 e. The Bertz CT molecular complexity index is 1240. The molecule has 1 heterocycles. The molecule has 174 valence electrons. The van der Waals surface area contributed by atoms with Gasteiger partial charge in [-0.2, -0.15) is 0 Å². The summed E-state index contributed by atoms with van der Waals surface area (Å²) < 4.78 is 0. The maximum atomic E-state index is 4.90. The number of benzene rings is 3. The van der Waals surface area contributed by atoms with Crippen molar-refractivity contribution in [3.63, 3.8) is 0 Å². The summed E-state index contributed by atoms with van der Waals surface area (Å²) in [6, 6.07) is 25.7. The zero-order valence-corrected chi connectivity index (χ0v) is 21.3. The summed E-state index contributed by atoms with van der Waals surface area (Å²) >= 11 is 0. The van der Waals surface area contributed by atoms with Crippen molar-refractivity contribution < 1.29 is 0 Å². The predicted octanol–water partition coefficient (Wildman–Crippen LogP) is 8.38. The van der Waals surface area contributed by atoms with Crippen molar-refractivity contribution >= 4 is 0 Å². The average Bonchev–Trinajstić information content (AvgIpc) is 2.88. The van der Waals surface area contributed by atoms with E-state index in [1.165, 1.54) is 16.7 Å². The van der Waals surface area contributed by atoms with Crippen molar-refractivity contribution in [2.45, 2.75) is 65.7 Å². The van der Waals surface area contributed by atoms with Gasteiger partial charge in [0, 0.05) is 16.7 Å². The summed E-state index contributed by atoms with van der Waals surface area (Å²) in [5.41, 5.74) is 7.04. The SMILES string of the molecule is CCC(C)c1ccc(-c2nc(-c3ccc(C)cc3)nc(-c3ccc(C(C)(C)CC)cc3)n2)cc1. The summed E-state index contributed by atoms with van der Waals surface area (Å²) in [5.74, 6) is 2.64. The van der Waals surface area contributed by atoms with Crippen molar-refractivity contribution in [2.24, 2.45) is 0 Å². The summed E-state index contributed by atoms with van der Waals surface area (Å²) in [5, 5.41) is 0. The van der Waals surface area contributed by atoms with Crippen LogP contribution in [0, 0.1) is 6.92 Å². The molecule has 0 N–H and O–H groups in total. The molecule has 4 rings (SSSR count). The number of rotatable bonds is 7. The van der Waals surface area contributed by atoms with Gasteiger partial charge in [0.15, 0.2) is 17.5 Å². The van der Waals surface area contributed by atoms with Gasteiger partial charge in [0.25, 0.3) is 0 Å². The highest BCUT2D eigenvalue weighted by atomic mass is 15.0. The quantitative estimate of drug-likeness (QED) is 0.284. The van der Waals surface area contributed by atoms with Gasteiger partial charge < -0.3 is 0 Å². The van der Waals surface area contributed by atoms with Gasteiger partial charge >= 0.3 is 0 Å². The Morgan fingerprint density at radius 1 is 0.647 bits per heavy atom. The minimum Gasteiger partial charge on any atom is -0.208 e. The summed E-state index contributed by atoms with van der Waals surface area (Å²) in [6.45, 7) is 13.4. The monoisotopic (exact) mass is 449 g/mol. The molecule has 0 fully saturated rings. The fourth-order valence-electron chi connectivity index (χ4n) is 3.94. The molecule has 0 amide bonds. The lowest BCUT2D eigenvalue weighted by Crippen LogP contribution is -2.15. The largest absolute Gasteiger partial charge is 0.208 e. The molecule has 3 nitrogen and oxygen atoms in total. The van der Waals surface area contributed by atoms with Crippen LogP contribution in [0.4, 0.5) is 0 Å². The summed E-state index contributed by atoms with van der Waals surface area (Å²) in [7, 11) is 0. The Hall–Kier alpha value is -3.33. The van der Waals surface area contributed by atoms with Crippen LogP contribution >= 0.6 is 0 Å². The Balaban J connectivity index is 1.80. The first-order valence-electron chi connectivity index (χ1n) is 12.3. The van der Waals surface area contributed by atoms with E-state index in [1.807, 2.05) is 0 Å². The lowest BCUT2D eigenvalue weighted by molar-refractivity contribution is 0.506. The first kappa shape index (κ1) is 23.8. The van der Waals surface area contributed by atoms with Crippen molar-refractivity contribution in [1.29, 1.82) is 0 Å². The van der Waals surface area contributed by atoms with Gasteiger partial charge in [-0.25, -0.2) is 15.0 Å². The van der Waals surface area contributed by atoms with E-state index in [2.05, 4.69) is 114 Å². The highest BCUT2D eigenvalue weighted by Gasteiger charge is 2.18. The van der Waals surface area contributed by atoms with Crippen LogP contribution in [0.5, 0.6) is 0 Å². The van der Waals surface area contributed by atoms with Crippen molar-refractivity contribution in [1.82, 2.24) is 15.0 Å². The van der Waals surface area contributed by atoms with Crippen LogP contribution in [0.15, 0.2) is 72.8 Å². The van der Waals surface area contributed by atoms with E-state index in [0.29, 0.717) is 23.4 Å². The molecule has 0 aliphatic rings. The van der Waals surface area contributed by atoms with E-state index >= 15 is 0 Å². The third-order valence-corrected chi connectivity index (χ3v) is 7.10. The zero-order chi connectivity index (χ0) is 24.3. The molecule has 1 atom stereocenters. The van der Waals surface area contributed by atoms with Gasteiger partial charge in [-0.05, 0) is 42.2 Å². The lowest BCUT2D eigenvalue weighted by atomic mass is 9.82. The minimum absolute atomic E-state index is 0.146. The summed E-state index contributed by atoms with van der Waals surface area (Å²) in [4.78, 5) is 14.7. The second-order valence-electron chi connectivity index (χ2n) is 9.92. The van der Waals surface area contributed by atoms with Gasteiger partial charge in [-0.1, -0.05) is 113 Å². The maximum Gasteiger partial charge on any atom is 0.164 e. The van der Waals surface area contributed by atoms with E-state index in [-0.39, 0.29) is 5.41 Å². The molecule has 0 saturated carbocycles. The first-order chi connectivity index (χ1) is 16.3. The molecule has 34 heavy (non-hydrogen) atoms. The minimum atomic E-state index is 0.146. The van der Waals surface area contributed by atoms with Gasteiger partial charge in [-0.15, -0.1) is 0 Å². The Morgan fingerprint density at radius 3 is 1.47 bits per heavy atom. The molecular formula is C31H35N3. The Kier molecular flexibility index (Phi) is 6.92. The molecule has 0 radical (unpaired) electrons. The molecule has 0 bridgehead atoms. The number of hydrogen-bond donors (Lipinski definition) is 0. The van der Waals surface area contributed by atoms with Gasteiger partial charge in [-0.3, -0.25) is 0 Å². The molecule has 0 aliphatic heterocycles. The first-order valence-corrected chi connectivity index (χ1v) is 12.3. The third-order valence-electron chi connectivity index (χ3n) is 7.10. The molecule has 1 unspecified atom stereocenters. The van der Waals surface area contributed by atoms with Crippen LogP contribution in [0.1, 0.15) is 70.1 Å².